The number of anilines is 1. The van der Waals surface area contributed by atoms with Crippen LogP contribution in [0.4, 0.5) is 5.69 Å². The van der Waals surface area contributed by atoms with E-state index in [9.17, 15) is 14.7 Å². The quantitative estimate of drug-likeness (QED) is 0.484. The number of aromatic amines is 1. The summed E-state index contributed by atoms with van der Waals surface area (Å²) in [5, 5.41) is 20.1. The lowest BCUT2D eigenvalue weighted by Crippen LogP contribution is -2.12. The SMILES string of the molecule is O=C(O)c1ccc(/C=C/c2n[nH]c3ccccc23)c(NC(=O)c2ccco2)c1. The molecule has 0 aliphatic heterocycles. The molecule has 0 saturated carbocycles. The second-order valence-corrected chi connectivity index (χ2v) is 6.03. The van der Waals surface area contributed by atoms with Crippen LogP contribution in [0.3, 0.4) is 0 Å². The van der Waals surface area contributed by atoms with E-state index in [4.69, 9.17) is 4.42 Å². The van der Waals surface area contributed by atoms with Crippen LogP contribution in [-0.2, 0) is 0 Å². The number of H-pyrrole nitrogens is 1. The summed E-state index contributed by atoms with van der Waals surface area (Å²) < 4.78 is 5.09. The van der Waals surface area contributed by atoms with Gasteiger partial charge in [0, 0.05) is 11.1 Å². The van der Waals surface area contributed by atoms with Crippen molar-refractivity contribution in [3.05, 3.63) is 83.4 Å². The molecule has 2 heterocycles. The van der Waals surface area contributed by atoms with E-state index < -0.39 is 11.9 Å². The van der Waals surface area contributed by atoms with Gasteiger partial charge in [-0.1, -0.05) is 30.3 Å². The summed E-state index contributed by atoms with van der Waals surface area (Å²) in [6, 6.07) is 15.4. The third-order valence-corrected chi connectivity index (χ3v) is 4.21. The minimum absolute atomic E-state index is 0.0668. The first kappa shape index (κ1) is 17.3. The molecule has 0 aliphatic rings. The fraction of sp³-hybridized carbons (Fsp3) is 0. The average molecular weight is 373 g/mol. The van der Waals surface area contributed by atoms with Crippen molar-refractivity contribution in [1.29, 1.82) is 0 Å². The fourth-order valence-electron chi connectivity index (χ4n) is 2.81. The largest absolute Gasteiger partial charge is 0.478 e. The van der Waals surface area contributed by atoms with E-state index in [2.05, 4.69) is 15.5 Å². The Balaban J connectivity index is 1.69. The maximum Gasteiger partial charge on any atom is 0.335 e. The second-order valence-electron chi connectivity index (χ2n) is 6.03. The van der Waals surface area contributed by atoms with Crippen LogP contribution >= 0.6 is 0 Å². The lowest BCUT2D eigenvalue weighted by atomic mass is 10.1. The molecule has 0 radical (unpaired) electrons. The lowest BCUT2D eigenvalue weighted by Gasteiger charge is -2.09. The predicted molar refractivity (Wildman–Crippen MR) is 105 cm³/mol. The molecule has 2 aromatic carbocycles. The Kier molecular flexibility index (Phi) is 4.47. The molecule has 0 saturated heterocycles. The van der Waals surface area contributed by atoms with E-state index in [0.717, 1.165) is 16.6 Å². The summed E-state index contributed by atoms with van der Waals surface area (Å²) in [4.78, 5) is 23.6. The summed E-state index contributed by atoms with van der Waals surface area (Å²) in [6.45, 7) is 0. The predicted octanol–water partition coefficient (Wildman–Crippen LogP) is 4.28. The first-order valence-corrected chi connectivity index (χ1v) is 8.45. The topological polar surface area (TPSA) is 108 Å². The number of carbonyl (C=O) groups excluding carboxylic acids is 1. The number of carboxylic acid groups (broad SMARTS) is 1. The molecule has 7 nitrogen and oxygen atoms in total. The van der Waals surface area contributed by atoms with Crippen molar-refractivity contribution in [3.8, 4) is 0 Å². The number of benzene rings is 2. The Hall–Kier alpha value is -4.13. The summed E-state index contributed by atoms with van der Waals surface area (Å²) in [5.41, 5.74) is 2.71. The van der Waals surface area contributed by atoms with Crippen LogP contribution in [0.25, 0.3) is 23.1 Å². The molecular weight excluding hydrogens is 358 g/mol. The number of para-hydroxylation sites is 1. The highest BCUT2D eigenvalue weighted by molar-refractivity contribution is 6.04. The molecule has 4 aromatic rings. The van der Waals surface area contributed by atoms with Gasteiger partial charge in [0.1, 0.15) is 0 Å². The smallest absolute Gasteiger partial charge is 0.335 e. The molecule has 1 amide bonds. The Morgan fingerprint density at radius 1 is 1.07 bits per heavy atom. The van der Waals surface area contributed by atoms with Crippen LogP contribution < -0.4 is 5.32 Å². The highest BCUT2D eigenvalue weighted by atomic mass is 16.4. The second kappa shape index (κ2) is 7.24. The van der Waals surface area contributed by atoms with Crippen LogP contribution in [0.5, 0.6) is 0 Å². The standard InChI is InChI=1S/C21H15N3O4/c25-20(19-6-3-11-28-19)22-18-12-14(21(26)27)8-7-13(18)9-10-17-15-4-1-2-5-16(15)23-24-17/h1-12H,(H,22,25)(H,23,24)(H,26,27)/b10-9+. The Morgan fingerprint density at radius 3 is 2.71 bits per heavy atom. The van der Waals surface area contributed by atoms with E-state index >= 15 is 0 Å². The zero-order valence-electron chi connectivity index (χ0n) is 14.5. The molecule has 0 unspecified atom stereocenters. The molecule has 138 valence electrons. The Labute approximate surface area is 159 Å². The number of furan rings is 1. The zero-order chi connectivity index (χ0) is 19.5. The van der Waals surface area contributed by atoms with Crippen LogP contribution in [0.2, 0.25) is 0 Å². The average Bonchev–Trinajstić information content (AvgIpc) is 3.37. The van der Waals surface area contributed by atoms with E-state index in [1.807, 2.05) is 24.3 Å². The molecule has 28 heavy (non-hydrogen) atoms. The molecule has 0 atom stereocenters. The summed E-state index contributed by atoms with van der Waals surface area (Å²) in [7, 11) is 0. The van der Waals surface area contributed by atoms with Crippen molar-refractivity contribution < 1.29 is 19.1 Å². The minimum Gasteiger partial charge on any atom is -0.478 e. The van der Waals surface area contributed by atoms with Crippen molar-refractivity contribution >= 4 is 40.6 Å². The molecule has 4 rings (SSSR count). The van der Waals surface area contributed by atoms with Crippen molar-refractivity contribution in [2.45, 2.75) is 0 Å². The number of rotatable bonds is 5. The number of hydrogen-bond acceptors (Lipinski definition) is 4. The Morgan fingerprint density at radius 2 is 1.93 bits per heavy atom. The summed E-state index contributed by atoms with van der Waals surface area (Å²) in [5.74, 6) is -1.41. The van der Waals surface area contributed by atoms with Crippen molar-refractivity contribution in [1.82, 2.24) is 10.2 Å². The van der Waals surface area contributed by atoms with Crippen LogP contribution in [-0.4, -0.2) is 27.2 Å². The van der Waals surface area contributed by atoms with Gasteiger partial charge in [0.15, 0.2) is 5.76 Å². The number of aromatic nitrogens is 2. The number of nitrogens with zero attached hydrogens (tertiary/aromatic N) is 1. The molecule has 2 aromatic heterocycles. The Bertz CT molecular complexity index is 1190. The third kappa shape index (κ3) is 3.41. The molecule has 7 heteroatoms. The highest BCUT2D eigenvalue weighted by Crippen LogP contribution is 2.23. The number of nitrogens with one attached hydrogen (secondary N) is 2. The zero-order valence-corrected chi connectivity index (χ0v) is 14.5. The molecule has 0 fully saturated rings. The molecule has 0 bridgehead atoms. The van der Waals surface area contributed by atoms with Gasteiger partial charge in [-0.05, 0) is 42.0 Å². The van der Waals surface area contributed by atoms with E-state index in [1.165, 1.54) is 24.5 Å². The number of carboxylic acids is 1. The highest BCUT2D eigenvalue weighted by Gasteiger charge is 2.13. The fourth-order valence-corrected chi connectivity index (χ4v) is 2.81. The molecule has 3 N–H and O–H groups in total. The van der Waals surface area contributed by atoms with Gasteiger partial charge in [-0.3, -0.25) is 9.89 Å². The lowest BCUT2D eigenvalue weighted by molar-refractivity contribution is 0.0696. The van der Waals surface area contributed by atoms with Gasteiger partial charge in [0.05, 0.1) is 23.0 Å². The van der Waals surface area contributed by atoms with Gasteiger partial charge >= 0.3 is 5.97 Å². The number of fused-ring (bicyclic) bond motifs is 1. The number of amides is 1. The third-order valence-electron chi connectivity index (χ3n) is 4.21. The van der Waals surface area contributed by atoms with Gasteiger partial charge in [-0.2, -0.15) is 5.10 Å². The number of hydrogen-bond donors (Lipinski definition) is 3. The van der Waals surface area contributed by atoms with Crippen LogP contribution in [0, 0.1) is 0 Å². The normalized spacial score (nSPS) is 11.1. The first-order chi connectivity index (χ1) is 13.6. The van der Waals surface area contributed by atoms with Gasteiger partial charge in [0.2, 0.25) is 0 Å². The molecule has 0 aliphatic carbocycles. The summed E-state index contributed by atoms with van der Waals surface area (Å²) >= 11 is 0. The van der Waals surface area contributed by atoms with Crippen LogP contribution in [0.1, 0.15) is 32.2 Å². The number of aromatic carboxylic acids is 1. The van der Waals surface area contributed by atoms with Crippen molar-refractivity contribution in [2.75, 3.05) is 5.32 Å². The van der Waals surface area contributed by atoms with E-state index in [-0.39, 0.29) is 11.3 Å². The van der Waals surface area contributed by atoms with Crippen molar-refractivity contribution in [3.63, 3.8) is 0 Å². The molecule has 0 spiro atoms. The van der Waals surface area contributed by atoms with Gasteiger partial charge in [-0.25, -0.2) is 4.79 Å². The maximum absolute atomic E-state index is 12.3. The van der Waals surface area contributed by atoms with E-state index in [1.54, 1.807) is 24.3 Å². The van der Waals surface area contributed by atoms with E-state index in [0.29, 0.717) is 11.3 Å². The maximum atomic E-state index is 12.3. The van der Waals surface area contributed by atoms with Gasteiger partial charge < -0.3 is 14.8 Å². The first-order valence-electron chi connectivity index (χ1n) is 8.45. The summed E-state index contributed by atoms with van der Waals surface area (Å²) in [6.07, 6.45) is 4.97. The van der Waals surface area contributed by atoms with Gasteiger partial charge in [-0.15, -0.1) is 0 Å². The van der Waals surface area contributed by atoms with Crippen LogP contribution in [0.15, 0.2) is 65.3 Å². The van der Waals surface area contributed by atoms with Gasteiger partial charge in [0.25, 0.3) is 5.91 Å². The van der Waals surface area contributed by atoms with Crippen molar-refractivity contribution in [2.24, 2.45) is 0 Å². The molecular formula is C21H15N3O4. The number of carbonyl (C=O) groups is 2. The minimum atomic E-state index is -1.08. The monoisotopic (exact) mass is 373 g/mol.